The van der Waals surface area contributed by atoms with Gasteiger partial charge in [0.25, 0.3) is 0 Å². The average Bonchev–Trinajstić information content (AvgIpc) is 2.95. The lowest BCUT2D eigenvalue weighted by Gasteiger charge is -2.22. The van der Waals surface area contributed by atoms with E-state index in [1.54, 1.807) is 19.0 Å². The van der Waals surface area contributed by atoms with Crippen molar-refractivity contribution in [2.24, 2.45) is 5.92 Å². The summed E-state index contributed by atoms with van der Waals surface area (Å²) in [5.41, 5.74) is 1.04. The van der Waals surface area contributed by atoms with Crippen molar-refractivity contribution in [3.63, 3.8) is 0 Å². The molecule has 0 bridgehead atoms. The second-order valence-electron chi connectivity index (χ2n) is 5.93. The largest absolute Gasteiger partial charge is 0.348 e. The molecule has 1 unspecified atom stereocenters. The third-order valence-corrected chi connectivity index (χ3v) is 5.10. The highest BCUT2D eigenvalue weighted by Gasteiger charge is 2.27. The number of amides is 1. The Kier molecular flexibility index (Phi) is 5.82. The van der Waals surface area contributed by atoms with Gasteiger partial charge < -0.3 is 9.47 Å². The molecule has 1 aromatic heterocycles. The van der Waals surface area contributed by atoms with E-state index < -0.39 is 0 Å². The first-order chi connectivity index (χ1) is 11.0. The fourth-order valence-corrected chi connectivity index (χ4v) is 3.54. The van der Waals surface area contributed by atoms with E-state index in [1.807, 2.05) is 30.3 Å². The molecule has 1 heterocycles. The summed E-state index contributed by atoms with van der Waals surface area (Å²) < 4.78 is 2.07. The van der Waals surface area contributed by atoms with Crippen LogP contribution in [0.25, 0.3) is 11.4 Å². The number of nitrogens with zero attached hydrogens (tertiary/aromatic N) is 4. The van der Waals surface area contributed by atoms with Crippen LogP contribution < -0.4 is 0 Å². The fourth-order valence-electron chi connectivity index (χ4n) is 2.30. The summed E-state index contributed by atoms with van der Waals surface area (Å²) in [7, 11) is 3.58. The normalized spacial score (nSPS) is 12.4. The standard InChI is InChI=1S/C17H24N4OS/c1-6-21-15(13-10-8-7-9-11-13)18-19-17(21)23-14(12(2)3)16(22)20(4)5/h7-12,14H,6H2,1-5H3. The van der Waals surface area contributed by atoms with Gasteiger partial charge in [0.2, 0.25) is 5.91 Å². The first kappa shape index (κ1) is 17.5. The molecule has 0 spiro atoms. The topological polar surface area (TPSA) is 51.0 Å². The van der Waals surface area contributed by atoms with Gasteiger partial charge >= 0.3 is 0 Å². The van der Waals surface area contributed by atoms with Crippen LogP contribution in [0.3, 0.4) is 0 Å². The number of rotatable bonds is 6. The van der Waals surface area contributed by atoms with Crippen LogP contribution in [0.1, 0.15) is 20.8 Å². The Morgan fingerprint density at radius 3 is 2.39 bits per heavy atom. The molecule has 0 saturated heterocycles. The Morgan fingerprint density at radius 1 is 1.22 bits per heavy atom. The Hall–Kier alpha value is -1.82. The molecule has 6 heteroatoms. The minimum atomic E-state index is -0.164. The number of aromatic nitrogens is 3. The number of carbonyl (C=O) groups is 1. The van der Waals surface area contributed by atoms with Gasteiger partial charge in [-0.1, -0.05) is 55.9 Å². The number of carbonyl (C=O) groups excluding carboxylic acids is 1. The van der Waals surface area contributed by atoms with Crippen LogP contribution in [0.15, 0.2) is 35.5 Å². The van der Waals surface area contributed by atoms with Gasteiger partial charge in [-0.25, -0.2) is 0 Å². The van der Waals surface area contributed by atoms with Gasteiger partial charge in [-0.15, -0.1) is 10.2 Å². The third kappa shape index (κ3) is 3.93. The zero-order valence-electron chi connectivity index (χ0n) is 14.4. The van der Waals surface area contributed by atoms with E-state index >= 15 is 0 Å². The lowest BCUT2D eigenvalue weighted by molar-refractivity contribution is -0.128. The molecule has 124 valence electrons. The summed E-state index contributed by atoms with van der Waals surface area (Å²) in [6.45, 7) is 6.95. The average molecular weight is 332 g/mol. The van der Waals surface area contributed by atoms with Crippen molar-refractivity contribution in [1.29, 1.82) is 0 Å². The highest BCUT2D eigenvalue weighted by molar-refractivity contribution is 8.00. The first-order valence-electron chi connectivity index (χ1n) is 7.82. The SMILES string of the molecule is CCn1c(SC(C(=O)N(C)C)C(C)C)nnc1-c1ccccc1. The van der Waals surface area contributed by atoms with Crippen LogP contribution in [-0.4, -0.2) is 44.9 Å². The summed E-state index contributed by atoms with van der Waals surface area (Å²) >= 11 is 1.50. The fraction of sp³-hybridized carbons (Fsp3) is 0.471. The van der Waals surface area contributed by atoms with Crippen LogP contribution in [0, 0.1) is 5.92 Å². The minimum Gasteiger partial charge on any atom is -0.348 e. The lowest BCUT2D eigenvalue weighted by atomic mass is 10.1. The van der Waals surface area contributed by atoms with E-state index in [0.29, 0.717) is 0 Å². The number of hydrogen-bond acceptors (Lipinski definition) is 4. The molecule has 1 atom stereocenters. The van der Waals surface area contributed by atoms with Gasteiger partial charge in [-0.3, -0.25) is 4.79 Å². The molecule has 0 aliphatic heterocycles. The van der Waals surface area contributed by atoms with Gasteiger partial charge in [0.1, 0.15) is 0 Å². The minimum absolute atomic E-state index is 0.108. The van der Waals surface area contributed by atoms with Crippen molar-refractivity contribution in [3.8, 4) is 11.4 Å². The van der Waals surface area contributed by atoms with Crippen LogP contribution in [0.2, 0.25) is 0 Å². The van der Waals surface area contributed by atoms with Crippen molar-refractivity contribution in [1.82, 2.24) is 19.7 Å². The van der Waals surface area contributed by atoms with Crippen LogP contribution >= 0.6 is 11.8 Å². The molecule has 2 aromatic rings. The quantitative estimate of drug-likeness (QED) is 0.763. The van der Waals surface area contributed by atoms with Gasteiger partial charge in [0, 0.05) is 26.2 Å². The van der Waals surface area contributed by atoms with Gasteiger partial charge in [0.05, 0.1) is 5.25 Å². The smallest absolute Gasteiger partial charge is 0.235 e. The highest BCUT2D eigenvalue weighted by Crippen LogP contribution is 2.30. The Bertz CT molecular complexity index is 652. The molecule has 2 rings (SSSR count). The summed E-state index contributed by atoms with van der Waals surface area (Å²) in [6.07, 6.45) is 0. The van der Waals surface area contributed by atoms with E-state index in [2.05, 4.69) is 35.5 Å². The Balaban J connectivity index is 2.33. The van der Waals surface area contributed by atoms with Gasteiger partial charge in [-0.05, 0) is 12.8 Å². The summed E-state index contributed by atoms with van der Waals surface area (Å²) in [5, 5.41) is 9.30. The van der Waals surface area contributed by atoms with E-state index in [1.165, 1.54) is 11.8 Å². The predicted molar refractivity (Wildman–Crippen MR) is 94.3 cm³/mol. The predicted octanol–water partition coefficient (Wildman–Crippen LogP) is 3.17. The van der Waals surface area contributed by atoms with E-state index in [9.17, 15) is 4.79 Å². The molecule has 5 nitrogen and oxygen atoms in total. The zero-order valence-corrected chi connectivity index (χ0v) is 15.2. The van der Waals surface area contributed by atoms with Crippen molar-refractivity contribution in [2.75, 3.05) is 14.1 Å². The molecule has 0 saturated carbocycles. The third-order valence-electron chi connectivity index (χ3n) is 3.59. The van der Waals surface area contributed by atoms with Gasteiger partial charge in [0.15, 0.2) is 11.0 Å². The second kappa shape index (κ2) is 7.64. The molecule has 0 aliphatic rings. The Morgan fingerprint density at radius 2 is 1.87 bits per heavy atom. The molecular weight excluding hydrogens is 308 g/mol. The molecule has 1 amide bonds. The maximum atomic E-state index is 12.4. The number of thioether (sulfide) groups is 1. The molecule has 0 radical (unpaired) electrons. The molecule has 1 aromatic carbocycles. The maximum absolute atomic E-state index is 12.4. The van der Waals surface area contributed by atoms with Crippen molar-refractivity contribution >= 4 is 17.7 Å². The first-order valence-corrected chi connectivity index (χ1v) is 8.70. The Labute approximate surface area is 142 Å². The number of hydrogen-bond donors (Lipinski definition) is 0. The molecular formula is C17H24N4OS. The molecule has 0 fully saturated rings. The van der Waals surface area contributed by atoms with Crippen LogP contribution in [-0.2, 0) is 11.3 Å². The van der Waals surface area contributed by atoms with Crippen molar-refractivity contribution in [2.45, 2.75) is 37.7 Å². The van der Waals surface area contributed by atoms with Crippen molar-refractivity contribution < 1.29 is 4.79 Å². The monoisotopic (exact) mass is 332 g/mol. The van der Waals surface area contributed by atoms with Gasteiger partial charge in [-0.2, -0.15) is 0 Å². The summed E-state index contributed by atoms with van der Waals surface area (Å²) in [4.78, 5) is 14.1. The van der Waals surface area contributed by atoms with Crippen LogP contribution in [0.5, 0.6) is 0 Å². The summed E-state index contributed by atoms with van der Waals surface area (Å²) in [5.74, 6) is 1.17. The molecule has 0 aliphatic carbocycles. The maximum Gasteiger partial charge on any atom is 0.235 e. The van der Waals surface area contributed by atoms with Crippen molar-refractivity contribution in [3.05, 3.63) is 30.3 Å². The summed E-state index contributed by atoms with van der Waals surface area (Å²) in [6, 6.07) is 10.0. The van der Waals surface area contributed by atoms with E-state index in [4.69, 9.17) is 0 Å². The second-order valence-corrected chi connectivity index (χ2v) is 7.04. The highest BCUT2D eigenvalue weighted by atomic mass is 32.2. The molecule has 23 heavy (non-hydrogen) atoms. The molecule has 0 N–H and O–H groups in total. The van der Waals surface area contributed by atoms with E-state index in [0.717, 1.165) is 23.1 Å². The lowest BCUT2D eigenvalue weighted by Crippen LogP contribution is -2.35. The number of benzene rings is 1. The van der Waals surface area contributed by atoms with Crippen LogP contribution in [0.4, 0.5) is 0 Å². The zero-order chi connectivity index (χ0) is 17.0. The van der Waals surface area contributed by atoms with E-state index in [-0.39, 0.29) is 17.1 Å².